The molecule has 1 N–H and O–H groups in total. The molecule has 0 bridgehead atoms. The highest BCUT2D eigenvalue weighted by molar-refractivity contribution is 7.89. The Bertz CT molecular complexity index is 1190. The van der Waals surface area contributed by atoms with Crippen LogP contribution in [0.25, 0.3) is 0 Å². The topological polar surface area (TPSA) is 105 Å². The van der Waals surface area contributed by atoms with Crippen LogP contribution in [0.15, 0.2) is 41.3 Å². The molecule has 4 rings (SSSR count). The lowest BCUT2D eigenvalue weighted by atomic mass is 10.1. The van der Waals surface area contributed by atoms with Gasteiger partial charge in [-0.15, -0.1) is 0 Å². The van der Waals surface area contributed by atoms with Gasteiger partial charge >= 0.3 is 5.97 Å². The van der Waals surface area contributed by atoms with Crippen molar-refractivity contribution in [2.24, 2.45) is 0 Å². The van der Waals surface area contributed by atoms with E-state index in [9.17, 15) is 22.4 Å². The van der Waals surface area contributed by atoms with Crippen molar-refractivity contribution < 1.29 is 31.9 Å². The van der Waals surface area contributed by atoms with Crippen molar-refractivity contribution in [2.75, 3.05) is 56.7 Å². The third-order valence-corrected chi connectivity index (χ3v) is 7.81. The number of carbonyl (C=O) groups is 2. The zero-order valence-corrected chi connectivity index (χ0v) is 19.6. The van der Waals surface area contributed by atoms with E-state index >= 15 is 0 Å². The fourth-order valence-corrected chi connectivity index (χ4v) is 5.58. The Balaban J connectivity index is 1.65. The van der Waals surface area contributed by atoms with E-state index in [1.165, 1.54) is 19.2 Å². The van der Waals surface area contributed by atoms with E-state index in [2.05, 4.69) is 10.2 Å². The second kappa shape index (κ2) is 10.1. The zero-order chi connectivity index (χ0) is 24.3. The van der Waals surface area contributed by atoms with Gasteiger partial charge in [0.15, 0.2) is 0 Å². The van der Waals surface area contributed by atoms with Gasteiger partial charge < -0.3 is 19.7 Å². The van der Waals surface area contributed by atoms with Crippen molar-refractivity contribution in [3.63, 3.8) is 0 Å². The minimum absolute atomic E-state index is 0.0240. The number of ether oxygens (including phenoxy) is 2. The molecule has 2 aromatic carbocycles. The molecule has 2 aromatic rings. The number of halogens is 1. The number of hydrogen-bond acceptors (Lipinski definition) is 7. The highest BCUT2D eigenvalue weighted by Gasteiger charge is 2.30. The highest BCUT2D eigenvalue weighted by Crippen LogP contribution is 2.31. The molecule has 0 unspecified atom stereocenters. The molecule has 0 atom stereocenters. The van der Waals surface area contributed by atoms with Gasteiger partial charge in [0.05, 0.1) is 37.3 Å². The third-order valence-electron chi connectivity index (χ3n) is 5.89. The van der Waals surface area contributed by atoms with Gasteiger partial charge in [0, 0.05) is 31.7 Å². The molecule has 0 aromatic heterocycles. The standard InChI is InChI=1S/C23H26FN3O6S/c1-32-23(29)17-5-7-20(26-8-2-3-9-26)19(14-17)25-22(28)16-4-6-18(24)21(15-16)34(30,31)27-10-12-33-13-11-27/h4-7,14-15H,2-3,8-13H2,1H3,(H,25,28). The molecule has 2 fully saturated rings. The molecule has 0 aliphatic carbocycles. The minimum Gasteiger partial charge on any atom is -0.465 e. The molecule has 2 saturated heterocycles. The quantitative estimate of drug-likeness (QED) is 0.619. The number of rotatable bonds is 6. The molecule has 1 amide bonds. The van der Waals surface area contributed by atoms with Gasteiger partial charge in [-0.3, -0.25) is 4.79 Å². The average Bonchev–Trinajstić information content (AvgIpc) is 3.39. The first-order chi connectivity index (χ1) is 16.3. The number of nitrogens with zero attached hydrogens (tertiary/aromatic N) is 2. The number of carbonyl (C=O) groups excluding carboxylic acids is 2. The van der Waals surface area contributed by atoms with Crippen molar-refractivity contribution >= 4 is 33.3 Å². The lowest BCUT2D eigenvalue weighted by Crippen LogP contribution is -2.41. The maximum absolute atomic E-state index is 14.5. The van der Waals surface area contributed by atoms with E-state index in [-0.39, 0.29) is 37.4 Å². The van der Waals surface area contributed by atoms with Gasteiger partial charge in [-0.25, -0.2) is 17.6 Å². The lowest BCUT2D eigenvalue weighted by molar-refractivity contribution is 0.0600. The van der Waals surface area contributed by atoms with Crippen molar-refractivity contribution in [3.8, 4) is 0 Å². The molecular weight excluding hydrogens is 465 g/mol. The monoisotopic (exact) mass is 491 g/mol. The number of morpholine rings is 1. The number of benzene rings is 2. The summed E-state index contributed by atoms with van der Waals surface area (Å²) in [5.74, 6) is -2.11. The summed E-state index contributed by atoms with van der Waals surface area (Å²) in [5.41, 5.74) is 1.36. The molecule has 182 valence electrons. The first-order valence-corrected chi connectivity index (χ1v) is 12.4. The van der Waals surface area contributed by atoms with Crippen LogP contribution in [0.4, 0.5) is 15.8 Å². The Kier molecular flexibility index (Phi) is 7.15. The van der Waals surface area contributed by atoms with Crippen LogP contribution in [0, 0.1) is 5.82 Å². The van der Waals surface area contributed by atoms with E-state index in [1.54, 1.807) is 12.1 Å². The summed E-state index contributed by atoms with van der Waals surface area (Å²) in [6.45, 7) is 2.26. The number of hydrogen-bond donors (Lipinski definition) is 1. The Morgan fingerprint density at radius 1 is 1.00 bits per heavy atom. The summed E-state index contributed by atoms with van der Waals surface area (Å²) in [6, 6.07) is 8.12. The second-order valence-electron chi connectivity index (χ2n) is 8.03. The third kappa shape index (κ3) is 4.91. The molecule has 9 nitrogen and oxygen atoms in total. The Hall–Kier alpha value is -3.02. The SMILES string of the molecule is COC(=O)c1ccc(N2CCCC2)c(NC(=O)c2ccc(F)c(S(=O)(=O)N3CCOCC3)c2)c1. The largest absolute Gasteiger partial charge is 0.465 e. The van der Waals surface area contributed by atoms with Crippen LogP contribution < -0.4 is 10.2 Å². The average molecular weight is 492 g/mol. The molecule has 2 aliphatic rings. The van der Waals surface area contributed by atoms with E-state index in [1.807, 2.05) is 0 Å². The molecule has 11 heteroatoms. The van der Waals surface area contributed by atoms with Gasteiger partial charge in [0.25, 0.3) is 5.91 Å². The van der Waals surface area contributed by atoms with E-state index in [0.29, 0.717) is 5.69 Å². The predicted molar refractivity (Wildman–Crippen MR) is 123 cm³/mol. The molecule has 2 heterocycles. The maximum atomic E-state index is 14.5. The summed E-state index contributed by atoms with van der Waals surface area (Å²) < 4.78 is 51.6. The normalized spacial score (nSPS) is 16.9. The highest BCUT2D eigenvalue weighted by atomic mass is 32.2. The van der Waals surface area contributed by atoms with E-state index in [4.69, 9.17) is 9.47 Å². The number of esters is 1. The Labute approximate surface area is 197 Å². The summed E-state index contributed by atoms with van der Waals surface area (Å²) in [5, 5.41) is 2.76. The number of sulfonamides is 1. The number of methoxy groups -OCH3 is 1. The van der Waals surface area contributed by atoms with Crippen LogP contribution in [0.5, 0.6) is 0 Å². The maximum Gasteiger partial charge on any atom is 0.337 e. The van der Waals surface area contributed by atoms with E-state index in [0.717, 1.165) is 48.1 Å². The van der Waals surface area contributed by atoms with E-state index < -0.39 is 32.6 Å². The van der Waals surface area contributed by atoms with Crippen molar-refractivity contribution in [1.82, 2.24) is 4.31 Å². The van der Waals surface area contributed by atoms with Gasteiger partial charge in [-0.05, 0) is 49.2 Å². The van der Waals surface area contributed by atoms with Crippen LogP contribution in [0.3, 0.4) is 0 Å². The number of amides is 1. The van der Waals surface area contributed by atoms with Gasteiger partial charge in [0.2, 0.25) is 10.0 Å². The fraction of sp³-hybridized carbons (Fsp3) is 0.391. The summed E-state index contributed by atoms with van der Waals surface area (Å²) in [7, 11) is -2.87. The minimum atomic E-state index is -4.14. The van der Waals surface area contributed by atoms with Gasteiger partial charge in [0.1, 0.15) is 10.7 Å². The second-order valence-corrected chi connectivity index (χ2v) is 9.94. The molecule has 0 saturated carbocycles. The lowest BCUT2D eigenvalue weighted by Gasteiger charge is -2.26. The summed E-state index contributed by atoms with van der Waals surface area (Å²) in [4.78, 5) is 26.7. The predicted octanol–water partition coefficient (Wildman–Crippen LogP) is 2.49. The Morgan fingerprint density at radius 3 is 2.35 bits per heavy atom. The van der Waals surface area contributed by atoms with Crippen LogP contribution >= 0.6 is 0 Å². The summed E-state index contributed by atoms with van der Waals surface area (Å²) in [6.07, 6.45) is 2.01. The zero-order valence-electron chi connectivity index (χ0n) is 18.8. The van der Waals surface area contributed by atoms with Crippen molar-refractivity contribution in [1.29, 1.82) is 0 Å². The van der Waals surface area contributed by atoms with Crippen LogP contribution in [0.2, 0.25) is 0 Å². The molecule has 0 radical (unpaired) electrons. The molecule has 34 heavy (non-hydrogen) atoms. The molecule has 2 aliphatic heterocycles. The first-order valence-electron chi connectivity index (χ1n) is 11.0. The van der Waals surface area contributed by atoms with Gasteiger partial charge in [-0.2, -0.15) is 4.31 Å². The fourth-order valence-electron chi connectivity index (χ4n) is 4.08. The van der Waals surface area contributed by atoms with Gasteiger partial charge in [-0.1, -0.05) is 0 Å². The molecular formula is C23H26FN3O6S. The smallest absolute Gasteiger partial charge is 0.337 e. The van der Waals surface area contributed by atoms with Crippen molar-refractivity contribution in [2.45, 2.75) is 17.7 Å². The summed E-state index contributed by atoms with van der Waals surface area (Å²) >= 11 is 0. The van der Waals surface area contributed by atoms with Crippen LogP contribution in [-0.2, 0) is 19.5 Å². The van der Waals surface area contributed by atoms with Crippen LogP contribution in [0.1, 0.15) is 33.6 Å². The van der Waals surface area contributed by atoms with Crippen LogP contribution in [-0.4, -0.2) is 71.1 Å². The first kappa shape index (κ1) is 24.1. The number of nitrogens with one attached hydrogen (secondary N) is 1. The Morgan fingerprint density at radius 2 is 1.68 bits per heavy atom. The van der Waals surface area contributed by atoms with Crippen molar-refractivity contribution in [3.05, 3.63) is 53.3 Å². The number of anilines is 2. The molecule has 0 spiro atoms.